The third kappa shape index (κ3) is 5.04. The fraction of sp³-hybridized carbons (Fsp3) is 0.657. The lowest BCUT2D eigenvalue weighted by Crippen LogP contribution is -2.50. The minimum Gasteiger partial charge on any atom is -0.480 e. The number of para-hydroxylation sites is 1. The van der Waals surface area contributed by atoms with Crippen LogP contribution in [0.25, 0.3) is 10.9 Å². The normalized spacial score (nSPS) is 36.0. The summed E-state index contributed by atoms with van der Waals surface area (Å²) in [6, 6.07) is 6.91. The monoisotopic (exact) mass is 560 g/mol. The standard InChI is InChI=1S/C35H48N2O4/c1-21(8-13-32(39)37-31(33(40)41)18-22-20-36-30-7-5-4-6-25(22)30)27-11-12-28-26-10-9-23-19-24(38)14-16-34(23,2)29(26)15-17-35(27,28)3/h4-7,9,20-21,24,26-29,31,36,38H,8,10-19H2,1-3H3,(H,37,39)(H,40,41)/t21-,24+,26+,27-,28+,29+,31+,34+,35-/m1/s1. The number of rotatable bonds is 8. The number of aromatic amines is 1. The Labute approximate surface area is 244 Å². The number of nitrogens with one attached hydrogen (secondary N) is 2. The molecule has 1 amide bonds. The van der Waals surface area contributed by atoms with Crippen LogP contribution >= 0.6 is 0 Å². The maximum Gasteiger partial charge on any atom is 0.326 e. The Morgan fingerprint density at radius 2 is 1.90 bits per heavy atom. The number of hydrogen-bond acceptors (Lipinski definition) is 3. The predicted molar refractivity (Wildman–Crippen MR) is 161 cm³/mol. The average molecular weight is 561 g/mol. The predicted octanol–water partition coefficient (Wildman–Crippen LogP) is 6.64. The Morgan fingerprint density at radius 3 is 2.71 bits per heavy atom. The van der Waals surface area contributed by atoms with Crippen LogP contribution in [0.2, 0.25) is 0 Å². The van der Waals surface area contributed by atoms with Crippen molar-refractivity contribution in [1.82, 2.24) is 10.3 Å². The van der Waals surface area contributed by atoms with Crippen molar-refractivity contribution in [2.45, 2.75) is 104 Å². The summed E-state index contributed by atoms with van der Waals surface area (Å²) in [6.45, 7) is 7.34. The second-order valence-electron chi connectivity index (χ2n) is 14.4. The summed E-state index contributed by atoms with van der Waals surface area (Å²) in [6.07, 6.45) is 14.8. The summed E-state index contributed by atoms with van der Waals surface area (Å²) in [5, 5.41) is 24.0. The molecule has 0 saturated heterocycles. The van der Waals surface area contributed by atoms with E-state index in [0.717, 1.165) is 59.9 Å². The Hall–Kier alpha value is -2.60. The van der Waals surface area contributed by atoms with E-state index in [2.05, 4.69) is 37.1 Å². The Balaban J connectivity index is 1.07. The van der Waals surface area contributed by atoms with Gasteiger partial charge in [-0.15, -0.1) is 0 Å². The first-order valence-corrected chi connectivity index (χ1v) is 16.0. The van der Waals surface area contributed by atoms with Crippen LogP contribution in [-0.4, -0.2) is 39.2 Å². The van der Waals surface area contributed by atoms with Crippen LogP contribution in [0.3, 0.4) is 0 Å². The molecule has 222 valence electrons. The third-order valence-electron chi connectivity index (χ3n) is 12.4. The lowest BCUT2D eigenvalue weighted by atomic mass is 9.47. The molecule has 4 N–H and O–H groups in total. The van der Waals surface area contributed by atoms with E-state index in [9.17, 15) is 19.8 Å². The zero-order valence-electron chi connectivity index (χ0n) is 25.0. The zero-order chi connectivity index (χ0) is 28.9. The second-order valence-corrected chi connectivity index (χ2v) is 14.4. The maximum atomic E-state index is 13.0. The van der Waals surface area contributed by atoms with Gasteiger partial charge in [-0.3, -0.25) is 4.79 Å². The van der Waals surface area contributed by atoms with Crippen molar-refractivity contribution >= 4 is 22.8 Å². The van der Waals surface area contributed by atoms with E-state index in [4.69, 9.17) is 0 Å². The highest BCUT2D eigenvalue weighted by molar-refractivity contribution is 5.86. The lowest BCUT2D eigenvalue weighted by Gasteiger charge is -2.58. The van der Waals surface area contributed by atoms with Crippen molar-refractivity contribution in [3.05, 3.63) is 47.7 Å². The molecule has 6 nitrogen and oxygen atoms in total. The number of aliphatic carboxylic acids is 1. The van der Waals surface area contributed by atoms with Gasteiger partial charge in [-0.05, 0) is 110 Å². The first-order chi connectivity index (χ1) is 19.6. The van der Waals surface area contributed by atoms with Gasteiger partial charge in [0.2, 0.25) is 5.91 Å². The van der Waals surface area contributed by atoms with Gasteiger partial charge in [-0.25, -0.2) is 4.79 Å². The van der Waals surface area contributed by atoms with E-state index in [1.54, 1.807) is 0 Å². The summed E-state index contributed by atoms with van der Waals surface area (Å²) in [5.41, 5.74) is 3.98. The first kappa shape index (κ1) is 28.5. The van der Waals surface area contributed by atoms with Gasteiger partial charge in [0.15, 0.2) is 0 Å². The number of carboxylic acid groups (broad SMARTS) is 1. The summed E-state index contributed by atoms with van der Waals surface area (Å²) in [5.74, 6) is 2.08. The molecule has 9 atom stereocenters. The fourth-order valence-corrected chi connectivity index (χ4v) is 10.2. The van der Waals surface area contributed by atoms with Crippen molar-refractivity contribution in [3.63, 3.8) is 0 Å². The number of H-pyrrole nitrogens is 1. The van der Waals surface area contributed by atoms with Crippen LogP contribution in [-0.2, 0) is 16.0 Å². The number of hydrogen-bond donors (Lipinski definition) is 4. The maximum absolute atomic E-state index is 13.0. The molecule has 2 aromatic rings. The molecule has 6 rings (SSSR count). The minimum absolute atomic E-state index is 0.159. The number of aromatic nitrogens is 1. The van der Waals surface area contributed by atoms with E-state index in [1.165, 1.54) is 37.7 Å². The van der Waals surface area contributed by atoms with Crippen LogP contribution in [0.1, 0.15) is 90.5 Å². The molecule has 1 heterocycles. The highest BCUT2D eigenvalue weighted by Crippen LogP contribution is 2.67. The topological polar surface area (TPSA) is 102 Å². The number of aliphatic hydroxyl groups is 1. The quantitative estimate of drug-likeness (QED) is 0.272. The minimum atomic E-state index is -0.995. The van der Waals surface area contributed by atoms with Gasteiger partial charge in [0.1, 0.15) is 6.04 Å². The Kier molecular flexibility index (Phi) is 7.59. The third-order valence-corrected chi connectivity index (χ3v) is 12.4. The molecule has 41 heavy (non-hydrogen) atoms. The summed E-state index contributed by atoms with van der Waals surface area (Å²) in [7, 11) is 0. The van der Waals surface area contributed by atoms with Crippen molar-refractivity contribution in [2.75, 3.05) is 0 Å². The molecule has 4 aliphatic carbocycles. The molecule has 1 aromatic carbocycles. The molecule has 6 heteroatoms. The number of allylic oxidation sites excluding steroid dienone is 1. The molecule has 0 radical (unpaired) electrons. The first-order valence-electron chi connectivity index (χ1n) is 16.0. The second kappa shape index (κ2) is 10.9. The Morgan fingerprint density at radius 1 is 1.10 bits per heavy atom. The zero-order valence-corrected chi connectivity index (χ0v) is 25.0. The SMILES string of the molecule is C[C@H](CCC(=O)N[C@@H](Cc1c[nH]c2ccccc12)C(=O)O)[C@H]1CC[C@H]2[C@@H]3CC=C4C[C@@H](O)CC[C@]4(C)[C@H]3CC[C@]12C. The van der Waals surface area contributed by atoms with Gasteiger partial charge in [0.05, 0.1) is 6.10 Å². The molecule has 0 unspecified atom stereocenters. The smallest absolute Gasteiger partial charge is 0.326 e. The number of amides is 1. The van der Waals surface area contributed by atoms with E-state index < -0.39 is 12.0 Å². The molecular formula is C35H48N2O4. The number of carbonyl (C=O) groups is 2. The number of carboxylic acids is 1. The number of fused-ring (bicyclic) bond motifs is 6. The van der Waals surface area contributed by atoms with Crippen molar-refractivity contribution < 1.29 is 19.8 Å². The van der Waals surface area contributed by atoms with Crippen molar-refractivity contribution in [2.24, 2.45) is 40.4 Å². The van der Waals surface area contributed by atoms with Crippen LogP contribution < -0.4 is 5.32 Å². The van der Waals surface area contributed by atoms with E-state index >= 15 is 0 Å². The average Bonchev–Trinajstić information content (AvgIpc) is 3.52. The van der Waals surface area contributed by atoms with Crippen LogP contribution in [0.5, 0.6) is 0 Å². The van der Waals surface area contributed by atoms with Crippen molar-refractivity contribution in [1.29, 1.82) is 0 Å². The van der Waals surface area contributed by atoms with Gasteiger partial charge >= 0.3 is 5.97 Å². The molecule has 0 aliphatic heterocycles. The molecule has 0 bridgehead atoms. The van der Waals surface area contributed by atoms with Crippen LogP contribution in [0, 0.1) is 40.4 Å². The van der Waals surface area contributed by atoms with E-state index in [1.807, 2.05) is 30.5 Å². The van der Waals surface area contributed by atoms with Crippen LogP contribution in [0.15, 0.2) is 42.1 Å². The van der Waals surface area contributed by atoms with E-state index in [0.29, 0.717) is 23.7 Å². The van der Waals surface area contributed by atoms with E-state index in [-0.39, 0.29) is 23.8 Å². The van der Waals surface area contributed by atoms with Gasteiger partial charge < -0.3 is 20.5 Å². The molecule has 3 fully saturated rings. The molecule has 1 aromatic heterocycles. The molecular weight excluding hydrogens is 512 g/mol. The highest BCUT2D eigenvalue weighted by Gasteiger charge is 2.59. The van der Waals surface area contributed by atoms with Gasteiger partial charge in [-0.1, -0.05) is 50.6 Å². The molecule has 0 spiro atoms. The largest absolute Gasteiger partial charge is 0.480 e. The lowest BCUT2D eigenvalue weighted by molar-refractivity contribution is -0.141. The Bertz CT molecular complexity index is 1330. The summed E-state index contributed by atoms with van der Waals surface area (Å²) < 4.78 is 0. The number of carbonyl (C=O) groups excluding carboxylic acids is 1. The van der Waals surface area contributed by atoms with Gasteiger partial charge in [-0.2, -0.15) is 0 Å². The molecule has 3 saturated carbocycles. The van der Waals surface area contributed by atoms with Gasteiger partial charge in [0.25, 0.3) is 0 Å². The summed E-state index contributed by atoms with van der Waals surface area (Å²) in [4.78, 5) is 28.2. The van der Waals surface area contributed by atoms with Gasteiger partial charge in [0, 0.05) is 29.9 Å². The number of benzene rings is 1. The molecule has 4 aliphatic rings. The van der Waals surface area contributed by atoms with Crippen molar-refractivity contribution in [3.8, 4) is 0 Å². The summed E-state index contributed by atoms with van der Waals surface area (Å²) >= 11 is 0. The number of aliphatic hydroxyl groups excluding tert-OH is 1. The van der Waals surface area contributed by atoms with Crippen LogP contribution in [0.4, 0.5) is 0 Å². The highest BCUT2D eigenvalue weighted by atomic mass is 16.4. The fourth-order valence-electron chi connectivity index (χ4n) is 10.2.